The molecule has 0 saturated carbocycles. The second kappa shape index (κ2) is 2.53. The maximum atomic E-state index is 12.4. The Labute approximate surface area is 62.0 Å². The summed E-state index contributed by atoms with van der Waals surface area (Å²) in [6.07, 6.45) is 0. The lowest BCUT2D eigenvalue weighted by Crippen LogP contribution is -2.14. The van der Waals surface area contributed by atoms with E-state index in [9.17, 15) is 9.18 Å². The number of aromatic nitrogens is 1. The topological polar surface area (TPSA) is 82.0 Å². The van der Waals surface area contributed by atoms with Gasteiger partial charge in [0, 0.05) is 11.8 Å². The van der Waals surface area contributed by atoms with E-state index in [1.165, 1.54) is 6.07 Å². The first kappa shape index (κ1) is 7.46. The van der Waals surface area contributed by atoms with E-state index < -0.39 is 11.9 Å². The van der Waals surface area contributed by atoms with Crippen LogP contribution in [0.4, 0.5) is 10.1 Å². The zero-order chi connectivity index (χ0) is 8.43. The molecule has 0 unspecified atom stereocenters. The number of nitrogens with zero attached hydrogens (tertiary/aromatic N) is 1. The second-order valence-corrected chi connectivity index (χ2v) is 1.97. The van der Waals surface area contributed by atoms with Crippen molar-refractivity contribution in [2.75, 3.05) is 5.73 Å². The van der Waals surface area contributed by atoms with Gasteiger partial charge in [0.15, 0.2) is 0 Å². The Hall–Kier alpha value is -1.65. The fraction of sp³-hybridized carbons (Fsp3) is 0. The summed E-state index contributed by atoms with van der Waals surface area (Å²) >= 11 is 0. The van der Waals surface area contributed by atoms with Gasteiger partial charge >= 0.3 is 0 Å². The van der Waals surface area contributed by atoms with Gasteiger partial charge in [0.1, 0.15) is 5.69 Å². The molecular weight excluding hydrogens is 149 g/mol. The van der Waals surface area contributed by atoms with Gasteiger partial charge in [-0.3, -0.25) is 4.79 Å². The van der Waals surface area contributed by atoms with Crippen LogP contribution >= 0.6 is 0 Å². The van der Waals surface area contributed by atoms with Gasteiger partial charge in [0.25, 0.3) is 5.91 Å². The Morgan fingerprint density at radius 3 is 2.64 bits per heavy atom. The van der Waals surface area contributed by atoms with Gasteiger partial charge in [0.2, 0.25) is 5.95 Å². The van der Waals surface area contributed by atoms with Crippen LogP contribution in [0.5, 0.6) is 0 Å². The molecule has 1 rings (SSSR count). The van der Waals surface area contributed by atoms with Crippen LogP contribution < -0.4 is 11.5 Å². The quantitative estimate of drug-likeness (QED) is 0.555. The number of hydrogen-bond acceptors (Lipinski definition) is 3. The summed E-state index contributed by atoms with van der Waals surface area (Å²) < 4.78 is 12.4. The second-order valence-electron chi connectivity index (χ2n) is 1.97. The monoisotopic (exact) mass is 155 g/mol. The first-order valence-electron chi connectivity index (χ1n) is 2.82. The molecule has 4 N–H and O–H groups in total. The molecule has 4 nitrogen and oxygen atoms in total. The third-order valence-electron chi connectivity index (χ3n) is 1.07. The van der Waals surface area contributed by atoms with Gasteiger partial charge < -0.3 is 11.5 Å². The maximum Gasteiger partial charge on any atom is 0.267 e. The SMILES string of the molecule is NC(=O)c1cc(N)cc(F)n1. The smallest absolute Gasteiger partial charge is 0.267 e. The number of amides is 1. The minimum absolute atomic E-state index is 0.131. The number of nitrogens with two attached hydrogens (primary N) is 2. The molecule has 0 aromatic carbocycles. The molecule has 58 valence electrons. The maximum absolute atomic E-state index is 12.4. The average Bonchev–Trinajstić information content (AvgIpc) is 1.85. The van der Waals surface area contributed by atoms with Crippen LogP contribution in [0.25, 0.3) is 0 Å². The van der Waals surface area contributed by atoms with Gasteiger partial charge in [-0.05, 0) is 6.07 Å². The van der Waals surface area contributed by atoms with Gasteiger partial charge in [0.05, 0.1) is 0 Å². The number of anilines is 1. The van der Waals surface area contributed by atoms with Crippen molar-refractivity contribution in [2.24, 2.45) is 5.73 Å². The Kier molecular flexibility index (Phi) is 1.72. The lowest BCUT2D eigenvalue weighted by atomic mass is 10.3. The van der Waals surface area contributed by atoms with Crippen LogP contribution in [0.1, 0.15) is 10.5 Å². The molecule has 0 bridgehead atoms. The van der Waals surface area contributed by atoms with E-state index in [4.69, 9.17) is 11.5 Å². The number of halogens is 1. The summed E-state index contributed by atoms with van der Waals surface area (Å²) in [5.74, 6) is -1.60. The summed E-state index contributed by atoms with van der Waals surface area (Å²) in [6, 6.07) is 2.22. The predicted molar refractivity (Wildman–Crippen MR) is 37.1 cm³/mol. The van der Waals surface area contributed by atoms with Crippen LogP contribution in [0.15, 0.2) is 12.1 Å². The lowest BCUT2D eigenvalue weighted by molar-refractivity contribution is 0.0994. The fourth-order valence-electron chi connectivity index (χ4n) is 0.643. The molecule has 0 aliphatic carbocycles. The van der Waals surface area contributed by atoms with Gasteiger partial charge in [-0.2, -0.15) is 4.39 Å². The van der Waals surface area contributed by atoms with Crippen molar-refractivity contribution in [3.8, 4) is 0 Å². The van der Waals surface area contributed by atoms with Crippen LogP contribution in [-0.4, -0.2) is 10.9 Å². The number of hydrogen-bond donors (Lipinski definition) is 2. The Bertz CT molecular complexity index is 280. The van der Waals surface area contributed by atoms with Crippen LogP contribution in [0.2, 0.25) is 0 Å². The molecule has 0 radical (unpaired) electrons. The van der Waals surface area contributed by atoms with Gasteiger partial charge in [-0.1, -0.05) is 0 Å². The van der Waals surface area contributed by atoms with Crippen molar-refractivity contribution >= 4 is 11.6 Å². The summed E-state index contributed by atoms with van der Waals surface area (Å²) in [6.45, 7) is 0. The predicted octanol–water partition coefficient (Wildman–Crippen LogP) is -0.0982. The zero-order valence-electron chi connectivity index (χ0n) is 5.54. The molecule has 1 heterocycles. The van der Waals surface area contributed by atoms with E-state index in [1.54, 1.807) is 0 Å². The molecule has 0 atom stereocenters. The first-order valence-corrected chi connectivity index (χ1v) is 2.82. The highest BCUT2D eigenvalue weighted by Gasteiger charge is 2.04. The van der Waals surface area contributed by atoms with Crippen molar-refractivity contribution < 1.29 is 9.18 Å². The molecule has 1 amide bonds. The molecule has 11 heavy (non-hydrogen) atoms. The minimum atomic E-state index is -0.807. The highest BCUT2D eigenvalue weighted by Crippen LogP contribution is 2.05. The van der Waals surface area contributed by atoms with Crippen molar-refractivity contribution in [1.82, 2.24) is 4.98 Å². The number of carbonyl (C=O) groups is 1. The highest BCUT2D eigenvalue weighted by atomic mass is 19.1. The Morgan fingerprint density at radius 1 is 1.55 bits per heavy atom. The van der Waals surface area contributed by atoms with E-state index >= 15 is 0 Å². The largest absolute Gasteiger partial charge is 0.399 e. The number of primary amides is 1. The molecular formula is C6H6FN3O. The van der Waals surface area contributed by atoms with E-state index in [-0.39, 0.29) is 11.4 Å². The normalized spacial score (nSPS) is 9.55. The minimum Gasteiger partial charge on any atom is -0.399 e. The first-order chi connectivity index (χ1) is 5.09. The van der Waals surface area contributed by atoms with Crippen LogP contribution in [0.3, 0.4) is 0 Å². The number of pyridine rings is 1. The number of rotatable bonds is 1. The molecule has 5 heteroatoms. The summed E-state index contributed by atoms with van der Waals surface area (Å²) in [7, 11) is 0. The molecule has 0 saturated heterocycles. The summed E-state index contributed by atoms with van der Waals surface area (Å²) in [5.41, 5.74) is 10.0. The van der Waals surface area contributed by atoms with E-state index in [2.05, 4.69) is 4.98 Å². The van der Waals surface area contributed by atoms with Crippen molar-refractivity contribution in [1.29, 1.82) is 0 Å². The van der Waals surface area contributed by atoms with Gasteiger partial charge in [-0.25, -0.2) is 4.98 Å². The highest BCUT2D eigenvalue weighted by molar-refractivity contribution is 5.91. The van der Waals surface area contributed by atoms with Gasteiger partial charge in [-0.15, -0.1) is 0 Å². The zero-order valence-corrected chi connectivity index (χ0v) is 5.54. The Morgan fingerprint density at radius 2 is 2.18 bits per heavy atom. The third-order valence-corrected chi connectivity index (χ3v) is 1.07. The van der Waals surface area contributed by atoms with Crippen LogP contribution in [0, 0.1) is 5.95 Å². The molecule has 0 aliphatic heterocycles. The summed E-state index contributed by atoms with van der Waals surface area (Å²) in [4.78, 5) is 13.7. The third kappa shape index (κ3) is 1.64. The average molecular weight is 155 g/mol. The van der Waals surface area contributed by atoms with E-state index in [0.29, 0.717) is 0 Å². The Balaban J connectivity index is 3.19. The molecule has 0 spiro atoms. The number of nitrogen functional groups attached to an aromatic ring is 1. The van der Waals surface area contributed by atoms with Crippen molar-refractivity contribution in [3.05, 3.63) is 23.8 Å². The molecule has 1 aromatic rings. The summed E-state index contributed by atoms with van der Waals surface area (Å²) in [5, 5.41) is 0. The standard InChI is InChI=1S/C6H6FN3O/c7-5-2-3(8)1-4(10-5)6(9)11/h1-2H,(H2,8,10)(H2,9,11). The fourth-order valence-corrected chi connectivity index (χ4v) is 0.643. The van der Waals surface area contributed by atoms with E-state index in [1.807, 2.05) is 0 Å². The lowest BCUT2D eigenvalue weighted by Gasteiger charge is -1.96. The molecule has 0 aliphatic rings. The van der Waals surface area contributed by atoms with E-state index in [0.717, 1.165) is 6.07 Å². The van der Waals surface area contributed by atoms with Crippen molar-refractivity contribution in [3.63, 3.8) is 0 Å². The number of carbonyl (C=O) groups excluding carboxylic acids is 1. The van der Waals surface area contributed by atoms with Crippen molar-refractivity contribution in [2.45, 2.75) is 0 Å². The van der Waals surface area contributed by atoms with Crippen LogP contribution in [-0.2, 0) is 0 Å². The molecule has 0 fully saturated rings. The molecule has 1 aromatic heterocycles.